The Morgan fingerprint density at radius 1 is 1.19 bits per heavy atom. The van der Waals surface area contributed by atoms with Crippen LogP contribution in [0.15, 0.2) is 46.1 Å². The summed E-state index contributed by atoms with van der Waals surface area (Å²) in [5.41, 5.74) is -0.736. The molecule has 3 aromatic rings. The third-order valence-electron chi connectivity index (χ3n) is 4.23. The molecule has 0 unspecified atom stereocenters. The highest BCUT2D eigenvalue weighted by Crippen LogP contribution is 2.37. The van der Waals surface area contributed by atoms with Crippen LogP contribution in [0.25, 0.3) is 16.7 Å². The van der Waals surface area contributed by atoms with E-state index in [1.807, 2.05) is 0 Å². The quantitative estimate of drug-likeness (QED) is 0.614. The van der Waals surface area contributed by atoms with E-state index in [-0.39, 0.29) is 10.7 Å². The number of fused-ring (bicyclic) bond motifs is 3. The van der Waals surface area contributed by atoms with Crippen molar-refractivity contribution in [1.82, 2.24) is 9.55 Å². The number of hydrogen-bond donors (Lipinski definition) is 1. The number of anilines is 1. The summed E-state index contributed by atoms with van der Waals surface area (Å²) in [6, 6.07) is 8.82. The molecule has 0 amide bonds. The number of nitrogens with one attached hydrogen (secondary N) is 1. The number of alkyl halides is 3. The Kier molecular flexibility index (Phi) is 4.55. The molecule has 0 saturated heterocycles. The Morgan fingerprint density at radius 3 is 2.70 bits per heavy atom. The molecule has 0 atom stereocenters. The number of benzene rings is 1. The molecule has 1 aliphatic heterocycles. The molecule has 27 heavy (non-hydrogen) atoms. The molecule has 0 saturated carbocycles. The Balaban J connectivity index is 2.15. The van der Waals surface area contributed by atoms with Gasteiger partial charge in [0.05, 0.1) is 21.3 Å². The Bertz CT molecular complexity index is 1100. The van der Waals surface area contributed by atoms with Gasteiger partial charge < -0.3 is 5.32 Å². The third kappa shape index (κ3) is 3.17. The fourth-order valence-corrected chi connectivity index (χ4v) is 4.28. The van der Waals surface area contributed by atoms with Crippen LogP contribution in [0.3, 0.4) is 0 Å². The minimum Gasteiger partial charge on any atom is -0.383 e. The van der Waals surface area contributed by atoms with E-state index in [1.165, 1.54) is 22.4 Å². The van der Waals surface area contributed by atoms with Crippen molar-refractivity contribution in [2.45, 2.75) is 17.5 Å². The first-order valence-corrected chi connectivity index (χ1v) is 9.53. The largest absolute Gasteiger partial charge is 0.433 e. The van der Waals surface area contributed by atoms with Crippen molar-refractivity contribution in [1.29, 1.82) is 0 Å². The molecule has 1 aliphatic rings. The zero-order valence-electron chi connectivity index (χ0n) is 13.8. The maximum atomic E-state index is 13.2. The molecule has 4 rings (SSSR count). The molecule has 9 heteroatoms. The maximum absolute atomic E-state index is 13.2. The summed E-state index contributed by atoms with van der Waals surface area (Å²) in [6.07, 6.45) is -3.79. The van der Waals surface area contributed by atoms with Crippen molar-refractivity contribution < 1.29 is 13.2 Å². The summed E-state index contributed by atoms with van der Waals surface area (Å²) in [6.45, 7) is 0.631. The first kappa shape index (κ1) is 18.2. The van der Waals surface area contributed by atoms with Gasteiger partial charge in [0, 0.05) is 11.9 Å². The lowest BCUT2D eigenvalue weighted by Crippen LogP contribution is -2.24. The molecular formula is C18H13ClF3N3OS. The summed E-state index contributed by atoms with van der Waals surface area (Å²) in [7, 11) is 0. The molecule has 4 nitrogen and oxygen atoms in total. The highest BCUT2D eigenvalue weighted by Gasteiger charge is 2.33. The van der Waals surface area contributed by atoms with Crippen LogP contribution in [-0.4, -0.2) is 21.8 Å². The number of pyridine rings is 2. The summed E-state index contributed by atoms with van der Waals surface area (Å²) < 4.78 is 40.9. The maximum Gasteiger partial charge on any atom is 0.433 e. The van der Waals surface area contributed by atoms with Crippen molar-refractivity contribution in [2.75, 3.05) is 17.6 Å². The highest BCUT2D eigenvalue weighted by molar-refractivity contribution is 7.99. The monoisotopic (exact) mass is 411 g/mol. The van der Waals surface area contributed by atoms with Crippen molar-refractivity contribution >= 4 is 40.1 Å². The third-order valence-corrected chi connectivity index (χ3v) is 5.71. The van der Waals surface area contributed by atoms with Gasteiger partial charge in [0.15, 0.2) is 0 Å². The van der Waals surface area contributed by atoms with Crippen LogP contribution in [0.1, 0.15) is 12.1 Å². The fourth-order valence-electron chi connectivity index (χ4n) is 3.02. The van der Waals surface area contributed by atoms with E-state index in [2.05, 4.69) is 10.3 Å². The second-order valence-electron chi connectivity index (χ2n) is 5.99. The Hall–Kier alpha value is -2.19. The molecule has 0 fully saturated rings. The van der Waals surface area contributed by atoms with Gasteiger partial charge in [-0.15, -0.1) is 11.8 Å². The molecule has 140 valence electrons. The highest BCUT2D eigenvalue weighted by atomic mass is 35.5. The Morgan fingerprint density at radius 2 is 1.96 bits per heavy atom. The topological polar surface area (TPSA) is 46.9 Å². The summed E-state index contributed by atoms with van der Waals surface area (Å²) in [4.78, 5) is 17.5. The van der Waals surface area contributed by atoms with Gasteiger partial charge in [0.25, 0.3) is 5.56 Å². The van der Waals surface area contributed by atoms with Crippen molar-refractivity contribution in [2.24, 2.45) is 0 Å². The molecular weight excluding hydrogens is 399 g/mol. The van der Waals surface area contributed by atoms with Crippen molar-refractivity contribution in [3.63, 3.8) is 0 Å². The number of para-hydroxylation sites is 1. The normalized spacial score (nSPS) is 14.5. The van der Waals surface area contributed by atoms with Crippen LogP contribution in [0.4, 0.5) is 18.9 Å². The van der Waals surface area contributed by atoms with Crippen molar-refractivity contribution in [3.05, 3.63) is 57.5 Å². The van der Waals surface area contributed by atoms with E-state index in [0.717, 1.165) is 18.2 Å². The number of hydrogen-bond acceptors (Lipinski definition) is 4. The second-order valence-corrected chi connectivity index (χ2v) is 7.50. The number of rotatable bonds is 1. The number of thioether (sulfide) groups is 1. The van der Waals surface area contributed by atoms with Crippen molar-refractivity contribution in [3.8, 4) is 5.69 Å². The average molecular weight is 412 g/mol. The minimum absolute atomic E-state index is 0.0725. The molecule has 0 aliphatic carbocycles. The number of aromatic nitrogens is 2. The van der Waals surface area contributed by atoms with Gasteiger partial charge in [-0.3, -0.25) is 9.36 Å². The predicted octanol–water partition coefficient (Wildman–Crippen LogP) is 4.97. The lowest BCUT2D eigenvalue weighted by Gasteiger charge is -2.18. The molecule has 2 aromatic heterocycles. The van der Waals surface area contributed by atoms with Crippen LogP contribution in [-0.2, 0) is 6.18 Å². The predicted molar refractivity (Wildman–Crippen MR) is 101 cm³/mol. The van der Waals surface area contributed by atoms with Gasteiger partial charge in [-0.05, 0) is 36.4 Å². The molecule has 0 spiro atoms. The van der Waals surface area contributed by atoms with Gasteiger partial charge in [-0.25, -0.2) is 4.98 Å². The average Bonchev–Trinajstić information content (AvgIpc) is 2.88. The van der Waals surface area contributed by atoms with Gasteiger partial charge in [-0.1, -0.05) is 23.7 Å². The number of halogens is 4. The zero-order chi connectivity index (χ0) is 19.2. The van der Waals surface area contributed by atoms with Crippen LogP contribution in [0.5, 0.6) is 0 Å². The first-order valence-electron chi connectivity index (χ1n) is 8.16. The fraction of sp³-hybridized carbons (Fsp3) is 0.222. The summed E-state index contributed by atoms with van der Waals surface area (Å²) in [5, 5.41) is 3.88. The van der Waals surface area contributed by atoms with E-state index in [1.54, 1.807) is 24.3 Å². The first-order chi connectivity index (χ1) is 12.9. The zero-order valence-corrected chi connectivity index (χ0v) is 15.4. The van der Waals surface area contributed by atoms with Gasteiger partial charge in [0.2, 0.25) is 0 Å². The minimum atomic E-state index is -4.62. The standard InChI is InChI=1S/C18H13ClF3N3OS/c19-11-4-1-2-5-12(11)25-16-10(6-7-13(24-16)18(20,21)22)14-15(17(25)26)27-9-3-8-23-14/h1-2,4-7,23H,3,8-9H2. The molecule has 1 aromatic carbocycles. The number of nitrogens with zero attached hydrogens (tertiary/aromatic N) is 2. The molecule has 0 bridgehead atoms. The van der Waals surface area contributed by atoms with E-state index in [4.69, 9.17) is 11.6 Å². The van der Waals surface area contributed by atoms with Gasteiger partial charge in [0.1, 0.15) is 11.3 Å². The second kappa shape index (κ2) is 6.76. The van der Waals surface area contributed by atoms with Crippen LogP contribution in [0.2, 0.25) is 5.02 Å². The van der Waals surface area contributed by atoms with Gasteiger partial charge in [-0.2, -0.15) is 13.2 Å². The van der Waals surface area contributed by atoms with Gasteiger partial charge >= 0.3 is 6.18 Å². The van der Waals surface area contributed by atoms with Crippen LogP contribution >= 0.6 is 23.4 Å². The molecule has 0 radical (unpaired) electrons. The van der Waals surface area contributed by atoms with Crippen LogP contribution in [0, 0.1) is 0 Å². The lowest BCUT2D eigenvalue weighted by molar-refractivity contribution is -0.141. The smallest absolute Gasteiger partial charge is 0.383 e. The molecule has 3 heterocycles. The molecule has 1 N–H and O–H groups in total. The van der Waals surface area contributed by atoms with E-state index in [9.17, 15) is 18.0 Å². The van der Waals surface area contributed by atoms with E-state index in [0.29, 0.717) is 28.2 Å². The van der Waals surface area contributed by atoms with Crippen LogP contribution < -0.4 is 10.9 Å². The summed E-state index contributed by atoms with van der Waals surface area (Å²) in [5.74, 6) is 0.733. The van der Waals surface area contributed by atoms with E-state index >= 15 is 0 Å². The van der Waals surface area contributed by atoms with E-state index < -0.39 is 17.4 Å². The summed E-state index contributed by atoms with van der Waals surface area (Å²) >= 11 is 7.63. The Labute approximate surface area is 161 Å². The SMILES string of the molecule is O=c1c2c(c3ccc(C(F)(F)F)nc3n1-c1ccccc1Cl)NCCCS2. The lowest BCUT2D eigenvalue weighted by atomic mass is 10.2.